The molecule has 4 aliphatic rings. The zero-order chi connectivity index (χ0) is 16.9. The molecule has 1 aromatic heterocycles. The second kappa shape index (κ2) is 5.95. The van der Waals surface area contributed by atoms with Gasteiger partial charge in [-0.2, -0.15) is 0 Å². The van der Waals surface area contributed by atoms with Crippen molar-refractivity contribution in [3.63, 3.8) is 0 Å². The Hall–Kier alpha value is -1.21. The van der Waals surface area contributed by atoms with Crippen molar-refractivity contribution in [1.29, 1.82) is 0 Å². The standard InChI is InChI=1S/C17H26N4O2S/c1-12-18-7-16(24(2,22)23)17(19-12)21-10-14-5-6-15(11-21)20(9-14)8-13-3-4-13/h7,13-15H,3-6,8-11H2,1-2H3/t14-,15-/m1/s1. The van der Waals surface area contributed by atoms with Crippen molar-refractivity contribution >= 4 is 15.7 Å². The van der Waals surface area contributed by atoms with Crippen LogP contribution in [0, 0.1) is 18.8 Å². The predicted molar refractivity (Wildman–Crippen MR) is 92.9 cm³/mol. The largest absolute Gasteiger partial charge is 0.354 e. The van der Waals surface area contributed by atoms with Crippen LogP contribution >= 0.6 is 0 Å². The first-order chi connectivity index (χ1) is 11.4. The van der Waals surface area contributed by atoms with Gasteiger partial charge in [0.05, 0.1) is 6.20 Å². The summed E-state index contributed by atoms with van der Waals surface area (Å²) in [6, 6.07) is 0.520. The number of nitrogens with zero attached hydrogens (tertiary/aromatic N) is 4. The Kier molecular flexibility index (Phi) is 4.03. The summed E-state index contributed by atoms with van der Waals surface area (Å²) < 4.78 is 24.3. The molecule has 6 nitrogen and oxygen atoms in total. The highest BCUT2D eigenvalue weighted by Gasteiger charge is 2.38. The van der Waals surface area contributed by atoms with Crippen molar-refractivity contribution in [2.24, 2.45) is 11.8 Å². The average molecular weight is 350 g/mol. The van der Waals surface area contributed by atoms with Gasteiger partial charge >= 0.3 is 0 Å². The predicted octanol–water partition coefficient (Wildman–Crippen LogP) is 1.50. The van der Waals surface area contributed by atoms with E-state index in [4.69, 9.17) is 0 Å². The fraction of sp³-hybridized carbons (Fsp3) is 0.765. The molecule has 7 heteroatoms. The van der Waals surface area contributed by atoms with Gasteiger partial charge in [0.2, 0.25) is 0 Å². The van der Waals surface area contributed by atoms with Crippen molar-refractivity contribution in [2.75, 3.05) is 37.3 Å². The van der Waals surface area contributed by atoms with Crippen LogP contribution in [0.3, 0.4) is 0 Å². The fourth-order valence-corrected chi connectivity index (χ4v) is 4.89. The number of piperidine rings is 1. The van der Waals surface area contributed by atoms with E-state index in [2.05, 4.69) is 19.8 Å². The molecule has 3 aliphatic heterocycles. The number of rotatable bonds is 4. The first-order valence-electron chi connectivity index (χ1n) is 8.93. The molecule has 0 amide bonds. The molecular weight excluding hydrogens is 324 g/mol. The first kappa shape index (κ1) is 16.3. The van der Waals surface area contributed by atoms with Gasteiger partial charge in [0.15, 0.2) is 15.7 Å². The number of hydrogen-bond acceptors (Lipinski definition) is 6. The molecule has 4 heterocycles. The van der Waals surface area contributed by atoms with Crippen LogP contribution in [0.1, 0.15) is 31.5 Å². The van der Waals surface area contributed by atoms with Gasteiger partial charge in [0, 0.05) is 38.5 Å². The van der Waals surface area contributed by atoms with E-state index in [0.29, 0.717) is 23.6 Å². The summed E-state index contributed by atoms with van der Waals surface area (Å²) in [5, 5.41) is 0. The molecule has 4 fully saturated rings. The summed E-state index contributed by atoms with van der Waals surface area (Å²) in [4.78, 5) is 13.8. The Balaban J connectivity index is 1.64. The minimum atomic E-state index is -3.33. The number of aryl methyl sites for hydroxylation is 1. The minimum absolute atomic E-state index is 0.267. The smallest absolute Gasteiger partial charge is 0.180 e. The van der Waals surface area contributed by atoms with E-state index in [1.165, 1.54) is 44.7 Å². The maximum atomic E-state index is 12.2. The van der Waals surface area contributed by atoms with E-state index in [9.17, 15) is 8.42 Å². The Labute approximate surface area is 144 Å². The highest BCUT2D eigenvalue weighted by molar-refractivity contribution is 7.90. The Morgan fingerprint density at radius 1 is 1.17 bits per heavy atom. The molecule has 24 heavy (non-hydrogen) atoms. The van der Waals surface area contributed by atoms with Gasteiger partial charge in [-0.05, 0) is 44.4 Å². The zero-order valence-electron chi connectivity index (χ0n) is 14.5. The lowest BCUT2D eigenvalue weighted by Crippen LogP contribution is -2.45. The summed E-state index contributed by atoms with van der Waals surface area (Å²) in [6.45, 7) is 5.97. The topological polar surface area (TPSA) is 66.4 Å². The molecule has 3 saturated heterocycles. The highest BCUT2D eigenvalue weighted by Crippen LogP contribution is 2.36. The van der Waals surface area contributed by atoms with Gasteiger partial charge in [0.25, 0.3) is 0 Å². The van der Waals surface area contributed by atoms with Crippen LogP contribution in [0.4, 0.5) is 5.82 Å². The Morgan fingerprint density at radius 3 is 2.67 bits per heavy atom. The molecule has 0 radical (unpaired) electrons. The molecule has 0 aromatic carbocycles. The molecule has 0 spiro atoms. The van der Waals surface area contributed by atoms with Gasteiger partial charge in [0.1, 0.15) is 10.7 Å². The van der Waals surface area contributed by atoms with Gasteiger partial charge in [-0.25, -0.2) is 18.4 Å². The Morgan fingerprint density at radius 2 is 1.96 bits per heavy atom. The lowest BCUT2D eigenvalue weighted by molar-refractivity contribution is 0.128. The van der Waals surface area contributed by atoms with Gasteiger partial charge < -0.3 is 4.90 Å². The van der Waals surface area contributed by atoms with Crippen LogP contribution < -0.4 is 4.90 Å². The molecule has 0 unspecified atom stereocenters. The van der Waals surface area contributed by atoms with Gasteiger partial charge in [-0.15, -0.1) is 0 Å². The van der Waals surface area contributed by atoms with Gasteiger partial charge in [-0.3, -0.25) is 4.90 Å². The third-order valence-corrected chi connectivity index (χ3v) is 6.66. The molecule has 1 aromatic rings. The number of fused-ring (bicyclic) bond motifs is 4. The van der Waals surface area contributed by atoms with Crippen molar-refractivity contribution in [3.8, 4) is 0 Å². The molecule has 2 bridgehead atoms. The summed E-state index contributed by atoms with van der Waals surface area (Å²) in [6.07, 6.45) is 7.92. The maximum Gasteiger partial charge on any atom is 0.180 e. The van der Waals surface area contributed by atoms with Crippen LogP contribution in [-0.2, 0) is 9.84 Å². The summed E-state index contributed by atoms with van der Waals surface area (Å²) >= 11 is 0. The quantitative estimate of drug-likeness (QED) is 0.820. The van der Waals surface area contributed by atoms with Crippen LogP contribution in [0.5, 0.6) is 0 Å². The van der Waals surface area contributed by atoms with E-state index in [1.807, 2.05) is 6.92 Å². The summed E-state index contributed by atoms with van der Waals surface area (Å²) in [5.41, 5.74) is 0. The maximum absolute atomic E-state index is 12.2. The molecule has 1 saturated carbocycles. The van der Waals surface area contributed by atoms with Crippen molar-refractivity contribution in [1.82, 2.24) is 14.9 Å². The number of hydrogen-bond donors (Lipinski definition) is 0. The van der Waals surface area contributed by atoms with E-state index >= 15 is 0 Å². The van der Waals surface area contributed by atoms with Crippen molar-refractivity contribution in [3.05, 3.63) is 12.0 Å². The second-order valence-electron chi connectivity index (χ2n) is 7.78. The van der Waals surface area contributed by atoms with E-state index < -0.39 is 9.84 Å². The first-order valence-corrected chi connectivity index (χ1v) is 10.8. The van der Waals surface area contributed by atoms with E-state index in [-0.39, 0.29) is 4.90 Å². The van der Waals surface area contributed by atoms with Crippen LogP contribution in [0.15, 0.2) is 11.1 Å². The van der Waals surface area contributed by atoms with Crippen LogP contribution in [-0.4, -0.2) is 61.8 Å². The molecule has 132 valence electrons. The third-order valence-electron chi connectivity index (χ3n) is 5.57. The van der Waals surface area contributed by atoms with E-state index in [0.717, 1.165) is 25.6 Å². The summed E-state index contributed by atoms with van der Waals surface area (Å²) in [5.74, 6) is 2.73. The third kappa shape index (κ3) is 3.28. The van der Waals surface area contributed by atoms with Crippen LogP contribution in [0.25, 0.3) is 0 Å². The fourth-order valence-electron chi connectivity index (χ4n) is 4.14. The van der Waals surface area contributed by atoms with Crippen LogP contribution in [0.2, 0.25) is 0 Å². The normalized spacial score (nSPS) is 28.2. The Bertz CT molecular complexity index is 732. The van der Waals surface area contributed by atoms with Crippen molar-refractivity contribution < 1.29 is 8.42 Å². The van der Waals surface area contributed by atoms with E-state index in [1.54, 1.807) is 0 Å². The second-order valence-corrected chi connectivity index (χ2v) is 9.76. The zero-order valence-corrected chi connectivity index (χ0v) is 15.3. The SMILES string of the molecule is Cc1ncc(S(C)(=O)=O)c(N2C[C@@H]3CC[C@H](C2)N(CC2CC2)C3)n1. The molecule has 1 aliphatic carbocycles. The number of sulfone groups is 1. The lowest BCUT2D eigenvalue weighted by Gasteiger charge is -2.36. The molecular formula is C17H26N4O2S. The summed E-state index contributed by atoms with van der Waals surface area (Å²) in [7, 11) is -3.33. The number of aromatic nitrogens is 2. The van der Waals surface area contributed by atoms with Gasteiger partial charge in [-0.1, -0.05) is 0 Å². The molecule has 2 atom stereocenters. The molecule has 0 N–H and O–H groups in total. The minimum Gasteiger partial charge on any atom is -0.354 e. The number of anilines is 1. The highest BCUT2D eigenvalue weighted by atomic mass is 32.2. The average Bonchev–Trinajstić information content (AvgIpc) is 3.33. The monoisotopic (exact) mass is 350 g/mol. The van der Waals surface area contributed by atoms with Crippen molar-refractivity contribution in [2.45, 2.75) is 43.5 Å². The molecule has 5 rings (SSSR count). The lowest BCUT2D eigenvalue weighted by atomic mass is 9.95.